The Labute approximate surface area is 112 Å². The van der Waals surface area contributed by atoms with Crippen molar-refractivity contribution in [1.82, 2.24) is 4.90 Å². The molecular formula is C14H15N3O2. The van der Waals surface area contributed by atoms with Gasteiger partial charge in [0.1, 0.15) is 11.8 Å². The first-order valence-corrected chi connectivity index (χ1v) is 6.07. The standard InChI is InChI=1S/C14H15N3O2/c1-18-14-3-2-11(6-12(14)7-15)9-17-4-5-19-13(8-16)10-17/h2-3,6,13H,4-5,9-10H2,1H3. The van der Waals surface area contributed by atoms with Crippen molar-refractivity contribution in [2.45, 2.75) is 12.6 Å². The summed E-state index contributed by atoms with van der Waals surface area (Å²) in [6, 6.07) is 9.82. The van der Waals surface area contributed by atoms with Crippen molar-refractivity contribution in [2.24, 2.45) is 0 Å². The lowest BCUT2D eigenvalue weighted by Crippen LogP contribution is -2.41. The van der Waals surface area contributed by atoms with Crippen LogP contribution in [-0.2, 0) is 11.3 Å². The van der Waals surface area contributed by atoms with Crippen LogP contribution in [0.1, 0.15) is 11.1 Å². The summed E-state index contributed by atoms with van der Waals surface area (Å²) in [5.41, 5.74) is 1.57. The van der Waals surface area contributed by atoms with Gasteiger partial charge in [-0.05, 0) is 17.7 Å². The largest absolute Gasteiger partial charge is 0.495 e. The molecule has 0 aromatic heterocycles. The molecule has 1 aliphatic rings. The fourth-order valence-corrected chi connectivity index (χ4v) is 2.12. The molecule has 0 radical (unpaired) electrons. The summed E-state index contributed by atoms with van der Waals surface area (Å²) in [5.74, 6) is 0.586. The quantitative estimate of drug-likeness (QED) is 0.816. The lowest BCUT2D eigenvalue weighted by molar-refractivity contribution is -0.00269. The highest BCUT2D eigenvalue weighted by atomic mass is 16.5. The number of hydrogen-bond acceptors (Lipinski definition) is 5. The van der Waals surface area contributed by atoms with Gasteiger partial charge in [0.15, 0.2) is 6.10 Å². The van der Waals surface area contributed by atoms with Crippen LogP contribution in [0.2, 0.25) is 0 Å². The lowest BCUT2D eigenvalue weighted by Gasteiger charge is -2.29. The first kappa shape index (κ1) is 13.4. The minimum Gasteiger partial charge on any atom is -0.495 e. The van der Waals surface area contributed by atoms with Crippen LogP contribution < -0.4 is 4.74 Å². The zero-order valence-electron chi connectivity index (χ0n) is 10.8. The molecule has 1 aliphatic heterocycles. The van der Waals surface area contributed by atoms with Gasteiger partial charge in [-0.3, -0.25) is 4.90 Å². The normalized spacial score (nSPS) is 19.4. The minimum atomic E-state index is -0.359. The van der Waals surface area contributed by atoms with E-state index < -0.39 is 0 Å². The number of methoxy groups -OCH3 is 1. The van der Waals surface area contributed by atoms with Gasteiger partial charge in [0, 0.05) is 19.6 Å². The van der Waals surface area contributed by atoms with Crippen molar-refractivity contribution in [3.05, 3.63) is 29.3 Å². The van der Waals surface area contributed by atoms with Crippen molar-refractivity contribution in [3.8, 4) is 17.9 Å². The van der Waals surface area contributed by atoms with Crippen molar-refractivity contribution < 1.29 is 9.47 Å². The molecule has 1 heterocycles. The Bertz CT molecular complexity index is 530. The molecule has 0 spiro atoms. The van der Waals surface area contributed by atoms with Crippen LogP contribution in [0.25, 0.3) is 0 Å². The van der Waals surface area contributed by atoms with E-state index in [4.69, 9.17) is 20.0 Å². The Hall–Kier alpha value is -2.08. The molecule has 1 saturated heterocycles. The lowest BCUT2D eigenvalue weighted by atomic mass is 10.1. The average molecular weight is 257 g/mol. The molecule has 5 nitrogen and oxygen atoms in total. The van der Waals surface area contributed by atoms with E-state index in [0.29, 0.717) is 31.0 Å². The summed E-state index contributed by atoms with van der Waals surface area (Å²) in [6.07, 6.45) is -0.359. The van der Waals surface area contributed by atoms with E-state index in [9.17, 15) is 0 Å². The van der Waals surface area contributed by atoms with Crippen LogP contribution in [0.3, 0.4) is 0 Å². The second-order valence-electron chi connectivity index (χ2n) is 4.37. The van der Waals surface area contributed by atoms with Crippen molar-refractivity contribution in [3.63, 3.8) is 0 Å². The fraction of sp³-hybridized carbons (Fsp3) is 0.429. The third kappa shape index (κ3) is 3.23. The zero-order chi connectivity index (χ0) is 13.7. The van der Waals surface area contributed by atoms with Gasteiger partial charge in [0.25, 0.3) is 0 Å². The number of hydrogen-bond donors (Lipinski definition) is 0. The smallest absolute Gasteiger partial charge is 0.156 e. The Morgan fingerprint density at radius 1 is 1.47 bits per heavy atom. The van der Waals surface area contributed by atoms with Gasteiger partial charge in [-0.1, -0.05) is 6.07 Å². The van der Waals surface area contributed by atoms with Crippen LogP contribution in [0, 0.1) is 22.7 Å². The average Bonchev–Trinajstić information content (AvgIpc) is 2.47. The van der Waals surface area contributed by atoms with Gasteiger partial charge in [0.05, 0.1) is 25.3 Å². The Morgan fingerprint density at radius 3 is 3.00 bits per heavy atom. The Balaban J connectivity index is 2.07. The Kier molecular flexibility index (Phi) is 4.35. The third-order valence-electron chi connectivity index (χ3n) is 3.09. The van der Waals surface area contributed by atoms with E-state index >= 15 is 0 Å². The fourth-order valence-electron chi connectivity index (χ4n) is 2.12. The summed E-state index contributed by atoms with van der Waals surface area (Å²) >= 11 is 0. The maximum Gasteiger partial charge on any atom is 0.156 e. The molecule has 1 aromatic carbocycles. The summed E-state index contributed by atoms with van der Waals surface area (Å²) in [7, 11) is 1.55. The number of nitrogens with zero attached hydrogens (tertiary/aromatic N) is 3. The van der Waals surface area contributed by atoms with E-state index in [1.807, 2.05) is 12.1 Å². The third-order valence-corrected chi connectivity index (χ3v) is 3.09. The van der Waals surface area contributed by atoms with Crippen molar-refractivity contribution >= 4 is 0 Å². The van der Waals surface area contributed by atoms with Crippen molar-refractivity contribution in [2.75, 3.05) is 26.8 Å². The van der Waals surface area contributed by atoms with Gasteiger partial charge in [-0.2, -0.15) is 10.5 Å². The van der Waals surface area contributed by atoms with Gasteiger partial charge < -0.3 is 9.47 Å². The zero-order valence-corrected chi connectivity index (χ0v) is 10.8. The number of morpholine rings is 1. The van der Waals surface area contributed by atoms with Crippen LogP contribution in [-0.4, -0.2) is 37.8 Å². The molecule has 98 valence electrons. The maximum atomic E-state index is 9.05. The van der Waals surface area contributed by atoms with E-state index in [0.717, 1.165) is 12.1 Å². The summed E-state index contributed by atoms with van der Waals surface area (Å²) in [6.45, 7) is 2.68. The van der Waals surface area contributed by atoms with Gasteiger partial charge in [0.2, 0.25) is 0 Å². The molecular weight excluding hydrogens is 242 g/mol. The summed E-state index contributed by atoms with van der Waals surface area (Å²) in [4.78, 5) is 2.15. The van der Waals surface area contributed by atoms with E-state index in [1.165, 1.54) is 0 Å². The summed E-state index contributed by atoms with van der Waals surface area (Å²) in [5, 5.41) is 17.9. The van der Waals surface area contributed by atoms with Crippen LogP contribution in [0.4, 0.5) is 0 Å². The Morgan fingerprint density at radius 2 is 2.32 bits per heavy atom. The van der Waals surface area contributed by atoms with Crippen LogP contribution in [0.5, 0.6) is 5.75 Å². The highest BCUT2D eigenvalue weighted by Gasteiger charge is 2.20. The monoisotopic (exact) mass is 257 g/mol. The predicted octanol–water partition coefficient (Wildman–Crippen LogP) is 1.29. The maximum absolute atomic E-state index is 9.05. The molecule has 5 heteroatoms. The van der Waals surface area contributed by atoms with E-state index in [-0.39, 0.29) is 6.10 Å². The molecule has 19 heavy (non-hydrogen) atoms. The second kappa shape index (κ2) is 6.19. The van der Waals surface area contributed by atoms with E-state index in [1.54, 1.807) is 13.2 Å². The number of nitriles is 2. The summed E-state index contributed by atoms with van der Waals surface area (Å²) < 4.78 is 10.4. The molecule has 1 unspecified atom stereocenters. The molecule has 0 bridgehead atoms. The molecule has 2 rings (SSSR count). The number of rotatable bonds is 3. The predicted molar refractivity (Wildman–Crippen MR) is 68.3 cm³/mol. The molecule has 0 N–H and O–H groups in total. The molecule has 0 aliphatic carbocycles. The molecule has 0 saturated carbocycles. The molecule has 1 fully saturated rings. The van der Waals surface area contributed by atoms with Gasteiger partial charge in [-0.15, -0.1) is 0 Å². The number of ether oxygens (including phenoxy) is 2. The topological polar surface area (TPSA) is 69.3 Å². The number of benzene rings is 1. The van der Waals surface area contributed by atoms with Crippen LogP contribution >= 0.6 is 0 Å². The van der Waals surface area contributed by atoms with Gasteiger partial charge in [-0.25, -0.2) is 0 Å². The molecule has 1 aromatic rings. The highest BCUT2D eigenvalue weighted by molar-refractivity contribution is 5.45. The van der Waals surface area contributed by atoms with Crippen LogP contribution in [0.15, 0.2) is 18.2 Å². The first-order valence-electron chi connectivity index (χ1n) is 6.07. The van der Waals surface area contributed by atoms with Crippen molar-refractivity contribution in [1.29, 1.82) is 10.5 Å². The van der Waals surface area contributed by atoms with Gasteiger partial charge >= 0.3 is 0 Å². The second-order valence-corrected chi connectivity index (χ2v) is 4.37. The van der Waals surface area contributed by atoms with E-state index in [2.05, 4.69) is 17.0 Å². The minimum absolute atomic E-state index is 0.359. The first-order chi connectivity index (χ1) is 9.26. The SMILES string of the molecule is COc1ccc(CN2CCOC(C#N)C2)cc1C#N. The molecule has 1 atom stereocenters. The highest BCUT2D eigenvalue weighted by Crippen LogP contribution is 2.20. The molecule has 0 amide bonds.